The van der Waals surface area contributed by atoms with E-state index < -0.39 is 0 Å². The minimum Gasteiger partial charge on any atom is -0.364 e. The van der Waals surface area contributed by atoms with Gasteiger partial charge in [0.05, 0.1) is 17.6 Å². The number of thiophene rings is 1. The zero-order valence-corrected chi connectivity index (χ0v) is 11.7. The van der Waals surface area contributed by atoms with Gasteiger partial charge < -0.3 is 5.32 Å². The van der Waals surface area contributed by atoms with Gasteiger partial charge in [-0.2, -0.15) is 0 Å². The number of anilines is 1. The summed E-state index contributed by atoms with van der Waals surface area (Å²) in [6, 6.07) is 5.90. The Hall–Kier alpha value is -2.01. The Balaban J connectivity index is 1.93. The average molecular weight is 270 g/mol. The first kappa shape index (κ1) is 12.0. The largest absolute Gasteiger partial charge is 0.364 e. The third-order valence-corrected chi connectivity index (χ3v) is 4.24. The van der Waals surface area contributed by atoms with Crippen molar-refractivity contribution in [3.8, 4) is 0 Å². The van der Waals surface area contributed by atoms with Gasteiger partial charge in [0.25, 0.3) is 0 Å². The smallest absolute Gasteiger partial charge is 0.138 e. The zero-order chi connectivity index (χ0) is 13.2. The summed E-state index contributed by atoms with van der Waals surface area (Å²) in [6.45, 7) is 4.90. The summed E-state index contributed by atoms with van der Waals surface area (Å²) in [5.41, 5.74) is 2.25. The fraction of sp³-hybridized carbons (Fsp3) is 0.214. The molecule has 4 nitrogen and oxygen atoms in total. The fourth-order valence-corrected chi connectivity index (χ4v) is 2.99. The number of nitrogens with zero attached hydrogens (tertiary/aromatic N) is 3. The van der Waals surface area contributed by atoms with Gasteiger partial charge in [-0.1, -0.05) is 6.07 Å². The summed E-state index contributed by atoms with van der Waals surface area (Å²) >= 11 is 1.71. The molecule has 0 aliphatic rings. The van der Waals surface area contributed by atoms with Crippen molar-refractivity contribution in [3.05, 3.63) is 46.9 Å². The van der Waals surface area contributed by atoms with Crippen LogP contribution in [0.25, 0.3) is 10.2 Å². The van der Waals surface area contributed by atoms with Gasteiger partial charge in [-0.15, -0.1) is 11.3 Å². The summed E-state index contributed by atoms with van der Waals surface area (Å²) in [6.07, 6.45) is 3.41. The third-order valence-electron chi connectivity index (χ3n) is 3.13. The van der Waals surface area contributed by atoms with Gasteiger partial charge in [-0.3, -0.25) is 4.98 Å². The number of aryl methyl sites for hydroxylation is 2. The summed E-state index contributed by atoms with van der Waals surface area (Å²) in [5, 5.41) is 4.48. The predicted octanol–water partition coefficient (Wildman–Crippen LogP) is 3.32. The third kappa shape index (κ3) is 2.29. The monoisotopic (exact) mass is 270 g/mol. The zero-order valence-electron chi connectivity index (χ0n) is 10.8. The normalized spacial score (nSPS) is 10.8. The Morgan fingerprint density at radius 2 is 2.05 bits per heavy atom. The first-order valence-electron chi connectivity index (χ1n) is 6.10. The molecule has 0 spiro atoms. The first-order chi connectivity index (χ1) is 9.25. The standard InChI is InChI=1S/C14H14N4S/c1-9-10(2)19-14-12(9)13(17-8-18-14)16-7-11-5-3-4-6-15-11/h3-6,8H,7H2,1-2H3,(H,16,17,18). The first-order valence-corrected chi connectivity index (χ1v) is 6.92. The van der Waals surface area contributed by atoms with Crippen LogP contribution < -0.4 is 5.32 Å². The van der Waals surface area contributed by atoms with Crippen LogP contribution in [0.3, 0.4) is 0 Å². The Morgan fingerprint density at radius 1 is 1.16 bits per heavy atom. The number of rotatable bonds is 3. The molecular formula is C14H14N4S. The molecule has 19 heavy (non-hydrogen) atoms. The number of nitrogens with one attached hydrogen (secondary N) is 1. The predicted molar refractivity (Wildman–Crippen MR) is 78.5 cm³/mol. The molecule has 3 heterocycles. The van der Waals surface area contributed by atoms with E-state index in [1.807, 2.05) is 18.2 Å². The Bertz CT molecular complexity index is 706. The lowest BCUT2D eigenvalue weighted by molar-refractivity contribution is 1.03. The summed E-state index contributed by atoms with van der Waals surface area (Å²) in [5.74, 6) is 0.887. The van der Waals surface area contributed by atoms with E-state index in [9.17, 15) is 0 Å². The minimum absolute atomic E-state index is 0.668. The van der Waals surface area contributed by atoms with Crippen molar-refractivity contribution in [2.45, 2.75) is 20.4 Å². The van der Waals surface area contributed by atoms with Crippen LogP contribution in [0, 0.1) is 13.8 Å². The molecule has 5 heteroatoms. The van der Waals surface area contributed by atoms with Crippen molar-refractivity contribution < 1.29 is 0 Å². The van der Waals surface area contributed by atoms with E-state index in [0.717, 1.165) is 21.7 Å². The molecule has 3 aromatic heterocycles. The molecule has 0 radical (unpaired) electrons. The lowest BCUT2D eigenvalue weighted by Crippen LogP contribution is -2.03. The maximum Gasteiger partial charge on any atom is 0.138 e. The quantitative estimate of drug-likeness (QED) is 0.793. The topological polar surface area (TPSA) is 50.7 Å². The van der Waals surface area contributed by atoms with E-state index in [1.54, 1.807) is 23.9 Å². The highest BCUT2D eigenvalue weighted by molar-refractivity contribution is 7.18. The molecule has 3 rings (SSSR count). The lowest BCUT2D eigenvalue weighted by atomic mass is 10.2. The maximum atomic E-state index is 4.35. The molecular weight excluding hydrogens is 256 g/mol. The molecule has 0 aromatic carbocycles. The summed E-state index contributed by atoms with van der Waals surface area (Å²) in [4.78, 5) is 15.3. The second-order valence-electron chi connectivity index (χ2n) is 4.36. The number of hydrogen-bond acceptors (Lipinski definition) is 5. The second-order valence-corrected chi connectivity index (χ2v) is 5.56. The van der Waals surface area contributed by atoms with Crippen LogP contribution in [0.1, 0.15) is 16.1 Å². The van der Waals surface area contributed by atoms with Gasteiger partial charge in [-0.25, -0.2) is 9.97 Å². The highest BCUT2D eigenvalue weighted by atomic mass is 32.1. The van der Waals surface area contributed by atoms with Gasteiger partial charge in [0, 0.05) is 11.1 Å². The van der Waals surface area contributed by atoms with Crippen LogP contribution >= 0.6 is 11.3 Å². The average Bonchev–Trinajstić information content (AvgIpc) is 2.74. The van der Waals surface area contributed by atoms with Crippen LogP contribution in [0.2, 0.25) is 0 Å². The van der Waals surface area contributed by atoms with E-state index in [-0.39, 0.29) is 0 Å². The molecule has 1 N–H and O–H groups in total. The molecule has 0 unspecified atom stereocenters. The van der Waals surface area contributed by atoms with E-state index in [4.69, 9.17) is 0 Å². The SMILES string of the molecule is Cc1sc2ncnc(NCc3ccccn3)c2c1C. The van der Waals surface area contributed by atoms with Crippen molar-refractivity contribution in [2.75, 3.05) is 5.32 Å². The fourth-order valence-electron chi connectivity index (χ4n) is 1.99. The van der Waals surface area contributed by atoms with Gasteiger partial charge in [-0.05, 0) is 31.5 Å². The van der Waals surface area contributed by atoms with Gasteiger partial charge >= 0.3 is 0 Å². The molecule has 0 aliphatic heterocycles. The molecule has 3 aromatic rings. The highest BCUT2D eigenvalue weighted by Crippen LogP contribution is 2.32. The van der Waals surface area contributed by atoms with Crippen molar-refractivity contribution in [3.63, 3.8) is 0 Å². The Labute approximate surface area is 115 Å². The molecule has 0 saturated carbocycles. The summed E-state index contributed by atoms with van der Waals surface area (Å²) in [7, 11) is 0. The van der Waals surface area contributed by atoms with E-state index >= 15 is 0 Å². The van der Waals surface area contributed by atoms with E-state index in [2.05, 4.69) is 34.1 Å². The highest BCUT2D eigenvalue weighted by Gasteiger charge is 2.11. The van der Waals surface area contributed by atoms with Gasteiger partial charge in [0.2, 0.25) is 0 Å². The molecule has 0 atom stereocenters. The van der Waals surface area contributed by atoms with Crippen LogP contribution in [0.15, 0.2) is 30.7 Å². The van der Waals surface area contributed by atoms with Gasteiger partial charge in [0.15, 0.2) is 0 Å². The van der Waals surface area contributed by atoms with Crippen molar-refractivity contribution >= 4 is 27.4 Å². The van der Waals surface area contributed by atoms with Crippen LogP contribution in [-0.2, 0) is 6.54 Å². The van der Waals surface area contributed by atoms with Crippen LogP contribution in [0.5, 0.6) is 0 Å². The Kier molecular flexibility index (Phi) is 3.13. The van der Waals surface area contributed by atoms with E-state index in [1.165, 1.54) is 10.4 Å². The molecule has 0 amide bonds. The molecule has 0 fully saturated rings. The van der Waals surface area contributed by atoms with Crippen molar-refractivity contribution in [1.82, 2.24) is 15.0 Å². The van der Waals surface area contributed by atoms with Crippen LogP contribution in [-0.4, -0.2) is 15.0 Å². The van der Waals surface area contributed by atoms with Crippen molar-refractivity contribution in [2.24, 2.45) is 0 Å². The number of hydrogen-bond donors (Lipinski definition) is 1. The van der Waals surface area contributed by atoms with E-state index in [0.29, 0.717) is 6.54 Å². The maximum absolute atomic E-state index is 4.35. The number of pyridine rings is 1. The lowest BCUT2D eigenvalue weighted by Gasteiger charge is -2.06. The molecule has 0 saturated heterocycles. The van der Waals surface area contributed by atoms with Crippen molar-refractivity contribution in [1.29, 1.82) is 0 Å². The summed E-state index contributed by atoms with van der Waals surface area (Å²) < 4.78 is 0. The number of aromatic nitrogens is 3. The Morgan fingerprint density at radius 3 is 2.84 bits per heavy atom. The minimum atomic E-state index is 0.668. The number of fused-ring (bicyclic) bond motifs is 1. The molecule has 0 bridgehead atoms. The second kappa shape index (κ2) is 4.93. The van der Waals surface area contributed by atoms with Crippen LogP contribution in [0.4, 0.5) is 5.82 Å². The van der Waals surface area contributed by atoms with Gasteiger partial charge in [0.1, 0.15) is 17.0 Å². The molecule has 96 valence electrons. The molecule has 0 aliphatic carbocycles.